The Kier molecular flexibility index (Phi) is 3.94. The molecule has 0 unspecified atom stereocenters. The molecular weight excluding hydrogens is 332 g/mol. The van der Waals surface area contributed by atoms with Gasteiger partial charge in [0, 0.05) is 4.47 Å². The highest BCUT2D eigenvalue weighted by atomic mass is 79.9. The summed E-state index contributed by atoms with van der Waals surface area (Å²) in [6.45, 7) is 0. The summed E-state index contributed by atoms with van der Waals surface area (Å²) in [5, 5.41) is 24.7. The van der Waals surface area contributed by atoms with Crippen LogP contribution in [0.25, 0.3) is 0 Å². The first-order valence-corrected chi connectivity index (χ1v) is 6.10. The molecule has 0 atom stereocenters. The van der Waals surface area contributed by atoms with Crippen molar-refractivity contribution < 1.29 is 14.7 Å². The van der Waals surface area contributed by atoms with Gasteiger partial charge < -0.3 is 10.4 Å². The van der Waals surface area contributed by atoms with Crippen molar-refractivity contribution in [1.29, 1.82) is 0 Å². The zero-order valence-corrected chi connectivity index (χ0v) is 11.7. The van der Waals surface area contributed by atoms with Crippen LogP contribution in [0.3, 0.4) is 0 Å². The van der Waals surface area contributed by atoms with Gasteiger partial charge in [-0.1, -0.05) is 5.10 Å². The maximum absolute atomic E-state index is 11.7. The van der Waals surface area contributed by atoms with E-state index in [1.807, 2.05) is 0 Å². The van der Waals surface area contributed by atoms with E-state index in [0.717, 1.165) is 0 Å². The van der Waals surface area contributed by atoms with Crippen molar-refractivity contribution in [1.82, 2.24) is 20.2 Å². The third kappa shape index (κ3) is 3.29. The van der Waals surface area contributed by atoms with Crippen LogP contribution in [-0.4, -0.2) is 37.3 Å². The summed E-state index contributed by atoms with van der Waals surface area (Å²) >= 11 is 3.18. The highest BCUT2D eigenvalue weighted by Gasteiger charge is 2.11. The number of anilines is 2. The number of rotatable bonds is 3. The van der Waals surface area contributed by atoms with Crippen molar-refractivity contribution in [3.05, 3.63) is 28.2 Å². The average molecular weight is 341 g/mol. The third-order valence-electron chi connectivity index (χ3n) is 2.20. The first-order valence-electron chi connectivity index (χ1n) is 5.30. The normalized spacial score (nSPS) is 10.1. The second-order valence-corrected chi connectivity index (χ2v) is 4.54. The van der Waals surface area contributed by atoms with Crippen LogP contribution in [0, 0.1) is 0 Å². The van der Waals surface area contributed by atoms with Gasteiger partial charge in [-0.3, -0.25) is 5.32 Å². The number of carbonyl (C=O) groups excluding carboxylic acids is 1. The smallest absolute Gasteiger partial charge is 0.335 e. The minimum absolute atomic E-state index is 0.0586. The van der Waals surface area contributed by atoms with Crippen molar-refractivity contribution in [2.75, 3.05) is 10.6 Å². The van der Waals surface area contributed by atoms with Gasteiger partial charge in [0.05, 0.1) is 18.3 Å². The van der Waals surface area contributed by atoms with Gasteiger partial charge in [0.25, 0.3) is 5.95 Å². The third-order valence-corrected chi connectivity index (χ3v) is 2.85. The van der Waals surface area contributed by atoms with Crippen LogP contribution < -0.4 is 10.6 Å². The topological polar surface area (TPSA) is 122 Å². The quantitative estimate of drug-likeness (QED) is 0.774. The number of carbonyl (C=O) groups is 2. The van der Waals surface area contributed by atoms with Crippen molar-refractivity contribution in [3.8, 4) is 0 Å². The Labute approximate surface area is 121 Å². The van der Waals surface area contributed by atoms with E-state index in [4.69, 9.17) is 5.11 Å². The predicted molar refractivity (Wildman–Crippen MR) is 72.5 cm³/mol. The first kappa shape index (κ1) is 13.9. The highest BCUT2D eigenvalue weighted by Crippen LogP contribution is 2.23. The lowest BCUT2D eigenvalue weighted by atomic mass is 10.2. The van der Waals surface area contributed by atoms with Crippen LogP contribution >= 0.6 is 15.9 Å². The molecule has 9 nitrogen and oxygen atoms in total. The number of carboxylic acid groups (broad SMARTS) is 1. The van der Waals surface area contributed by atoms with Crippen LogP contribution in [0.15, 0.2) is 22.7 Å². The fourth-order valence-corrected chi connectivity index (χ4v) is 1.82. The van der Waals surface area contributed by atoms with Gasteiger partial charge in [-0.25, -0.2) is 9.59 Å². The molecule has 0 fully saturated rings. The molecule has 20 heavy (non-hydrogen) atoms. The monoisotopic (exact) mass is 340 g/mol. The van der Waals surface area contributed by atoms with E-state index >= 15 is 0 Å². The standard InChI is InChI=1S/C10H9BrN6O3/c1-17-15-9(14-16-17)13-10(20)12-7-3-2-5(8(18)19)4-6(7)11/h2-4H,1H3,(H,18,19)(H2,12,13,15,20). The molecule has 0 radical (unpaired) electrons. The Balaban J connectivity index is 2.06. The summed E-state index contributed by atoms with van der Waals surface area (Å²) in [4.78, 5) is 23.7. The molecule has 1 heterocycles. The second-order valence-electron chi connectivity index (χ2n) is 3.68. The summed E-state index contributed by atoms with van der Waals surface area (Å²) in [6, 6.07) is 3.67. The maximum atomic E-state index is 11.7. The lowest BCUT2D eigenvalue weighted by molar-refractivity contribution is 0.0697. The maximum Gasteiger partial charge on any atom is 0.335 e. The Morgan fingerprint density at radius 1 is 1.35 bits per heavy atom. The number of aromatic carboxylic acids is 1. The number of aromatic nitrogens is 4. The number of nitrogens with zero attached hydrogens (tertiary/aromatic N) is 4. The minimum Gasteiger partial charge on any atom is -0.478 e. The van der Waals surface area contributed by atoms with Crippen molar-refractivity contribution in [2.24, 2.45) is 7.05 Å². The van der Waals surface area contributed by atoms with Gasteiger partial charge >= 0.3 is 12.0 Å². The second kappa shape index (κ2) is 5.65. The Hall–Kier alpha value is -2.49. The largest absolute Gasteiger partial charge is 0.478 e. The number of benzene rings is 1. The highest BCUT2D eigenvalue weighted by molar-refractivity contribution is 9.10. The number of nitrogens with one attached hydrogen (secondary N) is 2. The van der Waals surface area contributed by atoms with E-state index < -0.39 is 12.0 Å². The fourth-order valence-electron chi connectivity index (χ4n) is 1.34. The fraction of sp³-hybridized carbons (Fsp3) is 0.100. The summed E-state index contributed by atoms with van der Waals surface area (Å²) in [7, 11) is 1.57. The SMILES string of the molecule is Cn1nnc(NC(=O)Nc2ccc(C(=O)O)cc2Br)n1. The summed E-state index contributed by atoms with van der Waals surface area (Å²) in [5.41, 5.74) is 0.523. The zero-order valence-electron chi connectivity index (χ0n) is 10.2. The van der Waals surface area contributed by atoms with Gasteiger partial charge in [-0.2, -0.15) is 4.80 Å². The number of hydrogen-bond donors (Lipinski definition) is 3. The van der Waals surface area contributed by atoms with Gasteiger partial charge in [0.2, 0.25) is 0 Å². The molecule has 3 N–H and O–H groups in total. The van der Waals surface area contributed by atoms with Gasteiger partial charge in [0.15, 0.2) is 0 Å². The minimum atomic E-state index is -1.05. The molecule has 2 aromatic rings. The number of aryl methyl sites for hydroxylation is 1. The van der Waals surface area contributed by atoms with Gasteiger partial charge in [-0.05, 0) is 39.3 Å². The zero-order chi connectivity index (χ0) is 14.7. The van der Waals surface area contributed by atoms with E-state index in [0.29, 0.717) is 10.2 Å². The molecule has 0 saturated carbocycles. The lowest BCUT2D eigenvalue weighted by Crippen LogP contribution is -2.20. The van der Waals surface area contributed by atoms with Crippen molar-refractivity contribution in [2.45, 2.75) is 0 Å². The molecule has 0 aliphatic rings. The molecule has 1 aromatic heterocycles. The predicted octanol–water partition coefficient (Wildman–Crippen LogP) is 1.31. The van der Waals surface area contributed by atoms with Crippen LogP contribution in [0.5, 0.6) is 0 Å². The number of carboxylic acids is 1. The van der Waals surface area contributed by atoms with E-state index in [1.54, 1.807) is 7.05 Å². The average Bonchev–Trinajstić information content (AvgIpc) is 2.77. The molecule has 10 heteroatoms. The van der Waals surface area contributed by atoms with Crippen LogP contribution in [0.1, 0.15) is 10.4 Å². The number of halogens is 1. The molecular formula is C10H9BrN6O3. The Morgan fingerprint density at radius 2 is 2.10 bits per heavy atom. The van der Waals surface area contributed by atoms with Crippen LogP contribution in [0.4, 0.5) is 16.4 Å². The molecule has 0 saturated heterocycles. The van der Waals surface area contributed by atoms with Crippen molar-refractivity contribution >= 4 is 39.6 Å². The van der Waals surface area contributed by atoms with Crippen LogP contribution in [0.2, 0.25) is 0 Å². The Bertz CT molecular complexity index is 671. The molecule has 1 aromatic carbocycles. The van der Waals surface area contributed by atoms with E-state index in [1.165, 1.54) is 23.0 Å². The number of urea groups is 1. The lowest BCUT2D eigenvalue weighted by Gasteiger charge is -2.07. The van der Waals surface area contributed by atoms with Crippen LogP contribution in [-0.2, 0) is 7.05 Å². The molecule has 0 aliphatic heterocycles. The summed E-state index contributed by atoms with van der Waals surface area (Å²) in [5.74, 6) is -0.992. The summed E-state index contributed by atoms with van der Waals surface area (Å²) in [6.07, 6.45) is 0. The number of amides is 2. The molecule has 0 spiro atoms. The van der Waals surface area contributed by atoms with E-state index in [9.17, 15) is 9.59 Å². The van der Waals surface area contributed by atoms with Gasteiger partial charge in [-0.15, -0.1) is 5.10 Å². The van der Waals surface area contributed by atoms with Crippen molar-refractivity contribution in [3.63, 3.8) is 0 Å². The molecule has 0 bridgehead atoms. The number of hydrogen-bond acceptors (Lipinski definition) is 5. The first-order chi connectivity index (χ1) is 9.45. The van der Waals surface area contributed by atoms with E-state index in [-0.39, 0.29) is 11.5 Å². The molecule has 2 amide bonds. The molecule has 0 aliphatic carbocycles. The number of tetrazole rings is 1. The summed E-state index contributed by atoms with van der Waals surface area (Å²) < 4.78 is 0.444. The Morgan fingerprint density at radius 3 is 2.65 bits per heavy atom. The van der Waals surface area contributed by atoms with E-state index in [2.05, 4.69) is 42.0 Å². The molecule has 104 valence electrons. The van der Waals surface area contributed by atoms with Gasteiger partial charge in [0.1, 0.15) is 0 Å². The molecule has 2 rings (SSSR count).